The van der Waals surface area contributed by atoms with Gasteiger partial charge in [0.25, 0.3) is 0 Å². The summed E-state index contributed by atoms with van der Waals surface area (Å²) < 4.78 is 2.03. The van der Waals surface area contributed by atoms with Crippen molar-refractivity contribution in [1.82, 2.24) is 15.1 Å². The van der Waals surface area contributed by atoms with Gasteiger partial charge in [-0.1, -0.05) is 30.3 Å². The molecule has 0 saturated heterocycles. The smallest absolute Gasteiger partial charge is 0.0615 e. The van der Waals surface area contributed by atoms with Crippen LogP contribution < -0.4 is 5.32 Å². The third-order valence-corrected chi connectivity index (χ3v) is 3.09. The van der Waals surface area contributed by atoms with Gasteiger partial charge in [-0.3, -0.25) is 4.68 Å². The monoisotopic (exact) mass is 257 g/mol. The zero-order valence-corrected chi connectivity index (χ0v) is 12.2. The van der Waals surface area contributed by atoms with E-state index in [4.69, 9.17) is 0 Å². The largest absolute Gasteiger partial charge is 0.310 e. The SMILES string of the molecule is CC(CNC(C)(C)C)n1cc(-c2ccccc2)cn1. The summed E-state index contributed by atoms with van der Waals surface area (Å²) in [6.07, 6.45) is 4.05. The molecule has 1 atom stereocenters. The van der Waals surface area contributed by atoms with E-state index in [2.05, 4.69) is 68.6 Å². The second kappa shape index (κ2) is 5.57. The fourth-order valence-corrected chi connectivity index (χ4v) is 1.91. The van der Waals surface area contributed by atoms with Crippen LogP contribution in [0.3, 0.4) is 0 Å². The molecule has 1 aromatic heterocycles. The number of nitrogens with zero attached hydrogens (tertiary/aromatic N) is 2. The van der Waals surface area contributed by atoms with Crippen molar-refractivity contribution in [3.05, 3.63) is 42.7 Å². The minimum atomic E-state index is 0.143. The Hall–Kier alpha value is -1.61. The Bertz CT molecular complexity index is 508. The van der Waals surface area contributed by atoms with E-state index in [0.29, 0.717) is 6.04 Å². The first kappa shape index (κ1) is 13.8. The second-order valence-corrected chi connectivity index (χ2v) is 6.05. The second-order valence-electron chi connectivity index (χ2n) is 6.05. The van der Waals surface area contributed by atoms with Gasteiger partial charge in [-0.05, 0) is 33.3 Å². The van der Waals surface area contributed by atoms with Gasteiger partial charge in [0, 0.05) is 23.8 Å². The van der Waals surface area contributed by atoms with Crippen molar-refractivity contribution in [2.75, 3.05) is 6.54 Å². The molecule has 1 N–H and O–H groups in total. The topological polar surface area (TPSA) is 29.9 Å². The molecule has 0 saturated carbocycles. The van der Waals surface area contributed by atoms with Crippen molar-refractivity contribution in [2.45, 2.75) is 39.3 Å². The fraction of sp³-hybridized carbons (Fsp3) is 0.438. The third kappa shape index (κ3) is 3.93. The van der Waals surface area contributed by atoms with Crippen molar-refractivity contribution in [1.29, 1.82) is 0 Å². The summed E-state index contributed by atoms with van der Waals surface area (Å²) in [7, 11) is 0. The first-order chi connectivity index (χ1) is 8.96. The third-order valence-electron chi connectivity index (χ3n) is 3.09. The molecule has 102 valence electrons. The molecule has 2 aromatic rings. The minimum absolute atomic E-state index is 0.143. The van der Waals surface area contributed by atoms with Crippen LogP contribution in [0.2, 0.25) is 0 Å². The summed E-state index contributed by atoms with van der Waals surface area (Å²) in [5, 5.41) is 7.98. The highest BCUT2D eigenvalue weighted by Gasteiger charge is 2.13. The van der Waals surface area contributed by atoms with Gasteiger partial charge in [0.2, 0.25) is 0 Å². The lowest BCUT2D eigenvalue weighted by molar-refractivity contribution is 0.365. The molecular weight excluding hydrogens is 234 g/mol. The molecule has 1 heterocycles. The van der Waals surface area contributed by atoms with Gasteiger partial charge in [0.1, 0.15) is 0 Å². The molecule has 0 aliphatic carbocycles. The Morgan fingerprint density at radius 1 is 1.16 bits per heavy atom. The van der Waals surface area contributed by atoms with Crippen molar-refractivity contribution in [3.8, 4) is 11.1 Å². The van der Waals surface area contributed by atoms with E-state index in [-0.39, 0.29) is 5.54 Å². The van der Waals surface area contributed by atoms with E-state index in [0.717, 1.165) is 6.54 Å². The highest BCUT2D eigenvalue weighted by atomic mass is 15.3. The quantitative estimate of drug-likeness (QED) is 0.908. The average molecular weight is 257 g/mol. The first-order valence-corrected chi connectivity index (χ1v) is 6.80. The van der Waals surface area contributed by atoms with Crippen molar-refractivity contribution < 1.29 is 0 Å². The van der Waals surface area contributed by atoms with Crippen LogP contribution in [0, 0.1) is 0 Å². The van der Waals surface area contributed by atoms with Gasteiger partial charge < -0.3 is 5.32 Å². The Balaban J connectivity index is 2.05. The molecular formula is C16H23N3. The minimum Gasteiger partial charge on any atom is -0.310 e. The van der Waals surface area contributed by atoms with Crippen LogP contribution in [0.5, 0.6) is 0 Å². The Kier molecular flexibility index (Phi) is 4.05. The summed E-state index contributed by atoms with van der Waals surface area (Å²) >= 11 is 0. The van der Waals surface area contributed by atoms with Crippen molar-refractivity contribution in [2.24, 2.45) is 0 Å². The zero-order valence-electron chi connectivity index (χ0n) is 12.2. The van der Waals surface area contributed by atoms with E-state index in [1.807, 2.05) is 16.9 Å². The molecule has 0 spiro atoms. The van der Waals surface area contributed by atoms with Gasteiger partial charge in [-0.2, -0.15) is 5.10 Å². The van der Waals surface area contributed by atoms with Crippen molar-refractivity contribution >= 4 is 0 Å². The standard InChI is InChI=1S/C16H23N3/c1-13(10-17-16(2,3)4)19-12-15(11-18-19)14-8-6-5-7-9-14/h5-9,11-13,17H,10H2,1-4H3. The molecule has 0 aliphatic heterocycles. The van der Waals surface area contributed by atoms with E-state index in [9.17, 15) is 0 Å². The Morgan fingerprint density at radius 2 is 1.84 bits per heavy atom. The van der Waals surface area contributed by atoms with Gasteiger partial charge >= 0.3 is 0 Å². The van der Waals surface area contributed by atoms with Crippen LogP contribution in [0.25, 0.3) is 11.1 Å². The number of benzene rings is 1. The van der Waals surface area contributed by atoms with Crippen LogP contribution in [0.15, 0.2) is 42.7 Å². The lowest BCUT2D eigenvalue weighted by Gasteiger charge is -2.23. The molecule has 0 amide bonds. The van der Waals surface area contributed by atoms with E-state index in [1.165, 1.54) is 11.1 Å². The zero-order chi connectivity index (χ0) is 13.9. The van der Waals surface area contributed by atoms with Gasteiger partial charge in [-0.15, -0.1) is 0 Å². The van der Waals surface area contributed by atoms with E-state index < -0.39 is 0 Å². The number of nitrogens with one attached hydrogen (secondary N) is 1. The average Bonchev–Trinajstić information content (AvgIpc) is 2.86. The molecule has 3 nitrogen and oxygen atoms in total. The van der Waals surface area contributed by atoms with Crippen LogP contribution in [-0.4, -0.2) is 21.9 Å². The van der Waals surface area contributed by atoms with Crippen LogP contribution in [-0.2, 0) is 0 Å². The maximum atomic E-state index is 4.47. The summed E-state index contributed by atoms with van der Waals surface area (Å²) in [6.45, 7) is 9.63. The number of hydrogen-bond acceptors (Lipinski definition) is 2. The van der Waals surface area contributed by atoms with Gasteiger partial charge in [0.05, 0.1) is 12.2 Å². The summed E-state index contributed by atoms with van der Waals surface area (Å²) in [4.78, 5) is 0. The molecule has 0 aliphatic rings. The molecule has 2 rings (SSSR count). The van der Waals surface area contributed by atoms with E-state index in [1.54, 1.807) is 0 Å². The summed E-state index contributed by atoms with van der Waals surface area (Å²) in [5.74, 6) is 0. The Labute approximate surface area is 115 Å². The number of hydrogen-bond donors (Lipinski definition) is 1. The van der Waals surface area contributed by atoms with Crippen molar-refractivity contribution in [3.63, 3.8) is 0 Å². The highest BCUT2D eigenvalue weighted by molar-refractivity contribution is 5.61. The molecule has 1 unspecified atom stereocenters. The molecule has 0 radical (unpaired) electrons. The maximum Gasteiger partial charge on any atom is 0.0615 e. The molecule has 0 bridgehead atoms. The lowest BCUT2D eigenvalue weighted by Crippen LogP contribution is -2.39. The normalized spacial score (nSPS) is 13.5. The molecule has 3 heteroatoms. The molecule has 0 fully saturated rings. The predicted molar refractivity (Wildman–Crippen MR) is 80.1 cm³/mol. The highest BCUT2D eigenvalue weighted by Crippen LogP contribution is 2.19. The van der Waals surface area contributed by atoms with Crippen LogP contribution in [0.1, 0.15) is 33.7 Å². The maximum absolute atomic E-state index is 4.47. The number of aromatic nitrogens is 2. The summed E-state index contributed by atoms with van der Waals surface area (Å²) in [6, 6.07) is 10.7. The van der Waals surface area contributed by atoms with Gasteiger partial charge in [0.15, 0.2) is 0 Å². The Morgan fingerprint density at radius 3 is 2.47 bits per heavy atom. The molecule has 19 heavy (non-hydrogen) atoms. The summed E-state index contributed by atoms with van der Waals surface area (Å²) in [5.41, 5.74) is 2.52. The van der Waals surface area contributed by atoms with Crippen LogP contribution >= 0.6 is 0 Å². The predicted octanol–water partition coefficient (Wildman–Crippen LogP) is 3.50. The first-order valence-electron chi connectivity index (χ1n) is 6.80. The van der Waals surface area contributed by atoms with Crippen LogP contribution in [0.4, 0.5) is 0 Å². The molecule has 1 aromatic carbocycles. The fourth-order valence-electron chi connectivity index (χ4n) is 1.91. The van der Waals surface area contributed by atoms with E-state index >= 15 is 0 Å². The number of rotatable bonds is 4. The van der Waals surface area contributed by atoms with Gasteiger partial charge in [-0.25, -0.2) is 0 Å². The lowest BCUT2D eigenvalue weighted by atomic mass is 10.1.